The highest BCUT2D eigenvalue weighted by atomic mass is 16.2. The fourth-order valence-electron chi connectivity index (χ4n) is 3.55. The van der Waals surface area contributed by atoms with E-state index in [0.717, 1.165) is 22.4 Å². The molecular formula is C19H24N2O. The summed E-state index contributed by atoms with van der Waals surface area (Å²) in [5, 5.41) is 1.21. The van der Waals surface area contributed by atoms with Crippen molar-refractivity contribution in [2.75, 3.05) is 0 Å². The van der Waals surface area contributed by atoms with Gasteiger partial charge in [-0.15, -0.1) is 0 Å². The van der Waals surface area contributed by atoms with Crippen molar-refractivity contribution in [2.45, 2.75) is 53.1 Å². The van der Waals surface area contributed by atoms with Crippen molar-refractivity contribution >= 4 is 16.8 Å². The first-order chi connectivity index (χ1) is 10.2. The van der Waals surface area contributed by atoms with E-state index >= 15 is 0 Å². The van der Waals surface area contributed by atoms with Gasteiger partial charge in [-0.1, -0.05) is 18.2 Å². The van der Waals surface area contributed by atoms with Gasteiger partial charge in [0.15, 0.2) is 0 Å². The zero-order chi connectivity index (χ0) is 16.2. The maximum absolute atomic E-state index is 12.8. The van der Waals surface area contributed by atoms with E-state index in [4.69, 9.17) is 0 Å². The molecule has 22 heavy (non-hydrogen) atoms. The molecule has 1 atom stereocenters. The standard InChI is InChI=1S/C19H24N2O/c1-11-12(2)18(22)21(19(4,5)6)17(11)16-13(3)20-15-10-8-7-9-14(15)16/h7-10,17,20H,1-6H3/t17-/m1/s1. The molecule has 0 aliphatic carbocycles. The summed E-state index contributed by atoms with van der Waals surface area (Å²) in [6, 6.07) is 8.35. The minimum Gasteiger partial charge on any atom is -0.358 e. The minimum atomic E-state index is -0.217. The van der Waals surface area contributed by atoms with Crippen LogP contribution in [0.3, 0.4) is 0 Å². The molecule has 0 radical (unpaired) electrons. The van der Waals surface area contributed by atoms with Crippen LogP contribution in [0.25, 0.3) is 10.9 Å². The molecule has 1 aromatic heterocycles. The molecule has 1 amide bonds. The number of rotatable bonds is 1. The number of hydrogen-bond acceptors (Lipinski definition) is 1. The number of fused-ring (bicyclic) bond motifs is 1. The Balaban J connectivity index is 2.27. The van der Waals surface area contributed by atoms with E-state index in [1.165, 1.54) is 10.9 Å². The molecule has 1 aromatic carbocycles. The quantitative estimate of drug-likeness (QED) is 0.826. The first kappa shape index (κ1) is 14.9. The molecule has 1 aliphatic heterocycles. The lowest BCUT2D eigenvalue weighted by molar-refractivity contribution is -0.131. The van der Waals surface area contributed by atoms with E-state index < -0.39 is 0 Å². The number of nitrogens with one attached hydrogen (secondary N) is 1. The Morgan fingerprint density at radius 3 is 2.36 bits per heavy atom. The molecule has 3 rings (SSSR count). The van der Waals surface area contributed by atoms with Gasteiger partial charge in [0.25, 0.3) is 5.91 Å². The second-order valence-corrected chi connectivity index (χ2v) is 7.27. The van der Waals surface area contributed by atoms with Crippen LogP contribution in [-0.4, -0.2) is 21.3 Å². The molecule has 1 aliphatic rings. The third kappa shape index (κ3) is 1.99. The molecule has 0 fully saturated rings. The van der Waals surface area contributed by atoms with E-state index in [0.29, 0.717) is 0 Å². The van der Waals surface area contributed by atoms with Crippen molar-refractivity contribution in [3.05, 3.63) is 46.7 Å². The van der Waals surface area contributed by atoms with Gasteiger partial charge in [0.2, 0.25) is 0 Å². The van der Waals surface area contributed by atoms with Gasteiger partial charge in [-0.05, 0) is 53.2 Å². The Kier molecular flexibility index (Phi) is 3.20. The van der Waals surface area contributed by atoms with E-state index in [-0.39, 0.29) is 17.5 Å². The molecule has 3 heteroatoms. The number of H-pyrrole nitrogens is 1. The minimum absolute atomic E-state index is 0.0173. The zero-order valence-electron chi connectivity index (χ0n) is 14.2. The van der Waals surface area contributed by atoms with Crippen LogP contribution in [-0.2, 0) is 4.79 Å². The van der Waals surface area contributed by atoms with Gasteiger partial charge < -0.3 is 9.88 Å². The number of aryl methyl sites for hydroxylation is 1. The average molecular weight is 296 g/mol. The molecule has 2 heterocycles. The molecule has 0 saturated carbocycles. The highest BCUT2D eigenvalue weighted by Gasteiger charge is 2.43. The van der Waals surface area contributed by atoms with Crippen molar-refractivity contribution in [2.24, 2.45) is 0 Å². The summed E-state index contributed by atoms with van der Waals surface area (Å²) in [7, 11) is 0. The van der Waals surface area contributed by atoms with Crippen LogP contribution in [0.2, 0.25) is 0 Å². The van der Waals surface area contributed by atoms with Crippen LogP contribution in [0.5, 0.6) is 0 Å². The number of para-hydroxylation sites is 1. The summed E-state index contributed by atoms with van der Waals surface area (Å²) in [6.45, 7) is 12.4. The summed E-state index contributed by atoms with van der Waals surface area (Å²) in [6.07, 6.45) is 0. The molecule has 1 N–H and O–H groups in total. The highest BCUT2D eigenvalue weighted by Crippen LogP contribution is 2.45. The molecular weight excluding hydrogens is 272 g/mol. The topological polar surface area (TPSA) is 36.1 Å². The maximum Gasteiger partial charge on any atom is 0.250 e. The van der Waals surface area contributed by atoms with E-state index in [1.54, 1.807) is 0 Å². The Morgan fingerprint density at radius 1 is 1.09 bits per heavy atom. The molecule has 0 saturated heterocycles. The van der Waals surface area contributed by atoms with Crippen LogP contribution in [0.1, 0.15) is 51.9 Å². The van der Waals surface area contributed by atoms with Gasteiger partial charge >= 0.3 is 0 Å². The van der Waals surface area contributed by atoms with Crippen LogP contribution in [0, 0.1) is 6.92 Å². The van der Waals surface area contributed by atoms with Crippen molar-refractivity contribution < 1.29 is 4.79 Å². The number of aromatic nitrogens is 1. The van der Waals surface area contributed by atoms with Crippen molar-refractivity contribution in [3.63, 3.8) is 0 Å². The van der Waals surface area contributed by atoms with Crippen molar-refractivity contribution in [3.8, 4) is 0 Å². The van der Waals surface area contributed by atoms with Crippen molar-refractivity contribution in [1.29, 1.82) is 0 Å². The van der Waals surface area contributed by atoms with Crippen LogP contribution >= 0.6 is 0 Å². The van der Waals surface area contributed by atoms with Crippen LogP contribution in [0.15, 0.2) is 35.4 Å². The molecule has 0 bridgehead atoms. The monoisotopic (exact) mass is 296 g/mol. The number of benzene rings is 1. The lowest BCUT2D eigenvalue weighted by Crippen LogP contribution is -2.45. The van der Waals surface area contributed by atoms with Gasteiger partial charge in [-0.2, -0.15) is 0 Å². The molecule has 0 unspecified atom stereocenters. The van der Waals surface area contributed by atoms with Gasteiger partial charge in [0.05, 0.1) is 6.04 Å². The highest BCUT2D eigenvalue weighted by molar-refractivity contribution is 5.99. The fourth-order valence-corrected chi connectivity index (χ4v) is 3.55. The lowest BCUT2D eigenvalue weighted by atomic mass is 9.93. The molecule has 116 valence electrons. The Hall–Kier alpha value is -2.03. The summed E-state index contributed by atoms with van der Waals surface area (Å²) < 4.78 is 0. The zero-order valence-corrected chi connectivity index (χ0v) is 14.2. The van der Waals surface area contributed by atoms with E-state index in [1.807, 2.05) is 17.9 Å². The van der Waals surface area contributed by atoms with E-state index in [2.05, 4.69) is 57.8 Å². The van der Waals surface area contributed by atoms with Crippen LogP contribution in [0.4, 0.5) is 0 Å². The Labute approximate surface area is 132 Å². The van der Waals surface area contributed by atoms with Gasteiger partial charge in [-0.25, -0.2) is 0 Å². The second kappa shape index (κ2) is 4.73. The summed E-state index contributed by atoms with van der Waals surface area (Å²) in [4.78, 5) is 18.3. The smallest absolute Gasteiger partial charge is 0.250 e. The summed E-state index contributed by atoms with van der Waals surface area (Å²) in [5.41, 5.74) is 5.33. The number of hydrogen-bond donors (Lipinski definition) is 1. The second-order valence-electron chi connectivity index (χ2n) is 7.27. The van der Waals surface area contributed by atoms with E-state index in [9.17, 15) is 4.79 Å². The number of nitrogens with zero attached hydrogens (tertiary/aromatic N) is 1. The summed E-state index contributed by atoms with van der Waals surface area (Å²) >= 11 is 0. The average Bonchev–Trinajstić information content (AvgIpc) is 2.87. The third-order valence-electron chi connectivity index (χ3n) is 4.74. The third-order valence-corrected chi connectivity index (χ3v) is 4.74. The lowest BCUT2D eigenvalue weighted by Gasteiger charge is -2.38. The maximum atomic E-state index is 12.8. The Bertz CT molecular complexity index is 789. The molecule has 0 spiro atoms. The first-order valence-corrected chi connectivity index (χ1v) is 7.81. The summed E-state index contributed by atoms with van der Waals surface area (Å²) in [5.74, 6) is 0.152. The number of aromatic amines is 1. The fraction of sp³-hybridized carbons (Fsp3) is 0.421. The largest absolute Gasteiger partial charge is 0.358 e. The van der Waals surface area contributed by atoms with Gasteiger partial charge in [0.1, 0.15) is 0 Å². The van der Waals surface area contributed by atoms with Gasteiger partial charge in [-0.3, -0.25) is 4.79 Å². The Morgan fingerprint density at radius 2 is 1.73 bits per heavy atom. The molecule has 2 aromatic rings. The number of carbonyl (C=O) groups excluding carboxylic acids is 1. The number of carbonyl (C=O) groups is 1. The van der Waals surface area contributed by atoms with Crippen LogP contribution < -0.4 is 0 Å². The van der Waals surface area contributed by atoms with Crippen molar-refractivity contribution in [1.82, 2.24) is 9.88 Å². The SMILES string of the molecule is CC1=C(C)[C@H](c2c(C)[nH]c3ccccc23)N(C(C)(C)C)C1=O. The predicted octanol–water partition coefficient (Wildman–Crippen LogP) is 4.49. The number of amides is 1. The predicted molar refractivity (Wildman–Crippen MR) is 90.7 cm³/mol. The normalized spacial score (nSPS) is 19.6. The first-order valence-electron chi connectivity index (χ1n) is 7.81. The molecule has 3 nitrogen and oxygen atoms in total. The van der Waals surface area contributed by atoms with Gasteiger partial charge in [0, 0.05) is 33.3 Å².